The number of piperidine rings is 2. The molecule has 0 aromatic heterocycles. The summed E-state index contributed by atoms with van der Waals surface area (Å²) in [5, 5.41) is 7.09. The molecule has 0 bridgehead atoms. The summed E-state index contributed by atoms with van der Waals surface area (Å²) in [4.78, 5) is 5.06. The zero-order valence-electron chi connectivity index (χ0n) is 19.5. The standard InChI is InChI=1S/C24H46N4O2/c1-25-19-15-23(16-19)30-22-7-13-28(14-8-22)10-4-3-9-26-20-17-24(18-20)29-21-5-11-27(2)12-6-21/h19-26H,3-18H2,1-2H3. The molecule has 30 heavy (non-hydrogen) atoms. The number of hydrogen-bond acceptors (Lipinski definition) is 6. The smallest absolute Gasteiger partial charge is 0.0608 e. The maximum Gasteiger partial charge on any atom is 0.0608 e. The molecule has 0 atom stereocenters. The fourth-order valence-electron chi connectivity index (χ4n) is 5.46. The van der Waals surface area contributed by atoms with Crippen molar-refractivity contribution < 1.29 is 9.47 Å². The first-order valence-electron chi connectivity index (χ1n) is 12.8. The minimum absolute atomic E-state index is 0.508. The van der Waals surface area contributed by atoms with Crippen LogP contribution in [0.5, 0.6) is 0 Å². The highest BCUT2D eigenvalue weighted by atomic mass is 16.5. The van der Waals surface area contributed by atoms with Crippen molar-refractivity contribution in [1.82, 2.24) is 20.4 Å². The molecule has 0 aromatic rings. The van der Waals surface area contributed by atoms with Gasteiger partial charge in [-0.25, -0.2) is 0 Å². The molecule has 2 aliphatic heterocycles. The van der Waals surface area contributed by atoms with E-state index in [9.17, 15) is 0 Å². The Kier molecular flexibility index (Phi) is 8.85. The number of unbranched alkanes of at least 4 members (excludes halogenated alkanes) is 1. The second kappa shape index (κ2) is 11.6. The molecule has 2 N–H and O–H groups in total. The van der Waals surface area contributed by atoms with E-state index in [-0.39, 0.29) is 0 Å². The Hall–Kier alpha value is -0.240. The van der Waals surface area contributed by atoms with E-state index in [0.29, 0.717) is 36.5 Å². The fourth-order valence-corrected chi connectivity index (χ4v) is 5.46. The quantitative estimate of drug-likeness (QED) is 0.498. The van der Waals surface area contributed by atoms with Gasteiger partial charge in [0.15, 0.2) is 0 Å². The molecule has 4 fully saturated rings. The molecule has 0 radical (unpaired) electrons. The van der Waals surface area contributed by atoms with Crippen molar-refractivity contribution in [3.8, 4) is 0 Å². The van der Waals surface area contributed by atoms with Gasteiger partial charge >= 0.3 is 0 Å². The van der Waals surface area contributed by atoms with Gasteiger partial charge in [-0.2, -0.15) is 0 Å². The van der Waals surface area contributed by atoms with E-state index >= 15 is 0 Å². The van der Waals surface area contributed by atoms with E-state index in [2.05, 4.69) is 34.5 Å². The highest BCUT2D eigenvalue weighted by molar-refractivity contribution is 4.88. The Morgan fingerprint density at radius 1 is 0.733 bits per heavy atom. The molecule has 0 spiro atoms. The molecule has 2 aliphatic carbocycles. The van der Waals surface area contributed by atoms with E-state index in [1.807, 2.05) is 0 Å². The van der Waals surface area contributed by atoms with Crippen molar-refractivity contribution in [1.29, 1.82) is 0 Å². The van der Waals surface area contributed by atoms with Crippen molar-refractivity contribution >= 4 is 0 Å². The van der Waals surface area contributed by atoms with Gasteiger partial charge in [0.2, 0.25) is 0 Å². The lowest BCUT2D eigenvalue weighted by molar-refractivity contribution is -0.0838. The fraction of sp³-hybridized carbons (Fsp3) is 1.00. The molecule has 0 unspecified atom stereocenters. The van der Waals surface area contributed by atoms with Crippen LogP contribution in [0.15, 0.2) is 0 Å². The Bertz CT molecular complexity index is 480. The van der Waals surface area contributed by atoms with Crippen LogP contribution in [0.2, 0.25) is 0 Å². The lowest BCUT2D eigenvalue weighted by Crippen LogP contribution is -2.48. The first-order chi connectivity index (χ1) is 14.7. The maximum atomic E-state index is 6.28. The monoisotopic (exact) mass is 422 g/mol. The van der Waals surface area contributed by atoms with Gasteiger partial charge in [0.25, 0.3) is 0 Å². The van der Waals surface area contributed by atoms with Gasteiger partial charge in [-0.3, -0.25) is 0 Å². The minimum Gasteiger partial charge on any atom is -0.375 e. The van der Waals surface area contributed by atoms with E-state index < -0.39 is 0 Å². The molecule has 4 aliphatic rings. The van der Waals surface area contributed by atoms with Crippen molar-refractivity contribution in [2.45, 2.75) is 101 Å². The van der Waals surface area contributed by atoms with Gasteiger partial charge in [0, 0.05) is 38.3 Å². The Balaban J connectivity index is 0.951. The van der Waals surface area contributed by atoms with Crippen molar-refractivity contribution in [2.75, 3.05) is 53.4 Å². The van der Waals surface area contributed by atoms with Crippen LogP contribution in [-0.4, -0.2) is 99.7 Å². The molecule has 6 nitrogen and oxygen atoms in total. The van der Waals surface area contributed by atoms with E-state index in [0.717, 1.165) is 0 Å². The van der Waals surface area contributed by atoms with Crippen LogP contribution in [0.4, 0.5) is 0 Å². The third-order valence-corrected chi connectivity index (χ3v) is 7.90. The third kappa shape index (κ3) is 6.88. The summed E-state index contributed by atoms with van der Waals surface area (Å²) in [6, 6.07) is 1.39. The summed E-state index contributed by atoms with van der Waals surface area (Å²) in [5.74, 6) is 0. The number of nitrogens with zero attached hydrogens (tertiary/aromatic N) is 2. The summed E-state index contributed by atoms with van der Waals surface area (Å²) in [7, 11) is 4.27. The summed E-state index contributed by atoms with van der Waals surface area (Å²) >= 11 is 0. The number of nitrogens with one attached hydrogen (secondary N) is 2. The van der Waals surface area contributed by atoms with E-state index in [1.165, 1.54) is 103 Å². The van der Waals surface area contributed by atoms with Gasteiger partial charge in [-0.05, 0) is 91.4 Å². The first kappa shape index (κ1) is 22.9. The summed E-state index contributed by atoms with van der Waals surface area (Å²) < 4.78 is 12.5. The highest BCUT2D eigenvalue weighted by Crippen LogP contribution is 2.28. The van der Waals surface area contributed by atoms with Crippen molar-refractivity contribution in [2.24, 2.45) is 0 Å². The Morgan fingerprint density at radius 3 is 1.90 bits per heavy atom. The molecule has 2 heterocycles. The van der Waals surface area contributed by atoms with Crippen LogP contribution in [0.1, 0.15) is 64.2 Å². The normalized spacial score (nSPS) is 34.6. The number of rotatable bonds is 11. The molecule has 2 saturated carbocycles. The van der Waals surface area contributed by atoms with Gasteiger partial charge in [-0.15, -0.1) is 0 Å². The number of likely N-dealkylation sites (tertiary alicyclic amines) is 2. The average molecular weight is 423 g/mol. The third-order valence-electron chi connectivity index (χ3n) is 7.90. The zero-order chi connectivity index (χ0) is 20.8. The van der Waals surface area contributed by atoms with Gasteiger partial charge < -0.3 is 29.9 Å². The van der Waals surface area contributed by atoms with Crippen molar-refractivity contribution in [3.05, 3.63) is 0 Å². The SMILES string of the molecule is CNC1CC(OC2CCN(CCCCNC3CC(OC4CCN(C)CC4)C3)CC2)C1. The predicted molar refractivity (Wildman–Crippen MR) is 122 cm³/mol. The molecule has 174 valence electrons. The maximum absolute atomic E-state index is 6.28. The first-order valence-corrected chi connectivity index (χ1v) is 12.8. The molecule has 0 aromatic carbocycles. The zero-order valence-corrected chi connectivity index (χ0v) is 19.5. The van der Waals surface area contributed by atoms with Gasteiger partial charge in [-0.1, -0.05) is 0 Å². The number of ether oxygens (including phenoxy) is 2. The second-order valence-electron chi connectivity index (χ2n) is 10.3. The topological polar surface area (TPSA) is 49.0 Å². The largest absolute Gasteiger partial charge is 0.375 e. The average Bonchev–Trinajstić information content (AvgIpc) is 2.70. The Morgan fingerprint density at radius 2 is 1.30 bits per heavy atom. The lowest BCUT2D eigenvalue weighted by Gasteiger charge is -2.40. The summed E-state index contributed by atoms with van der Waals surface area (Å²) in [6.45, 7) is 7.26. The van der Waals surface area contributed by atoms with Crippen LogP contribution < -0.4 is 10.6 Å². The van der Waals surface area contributed by atoms with E-state index in [4.69, 9.17) is 9.47 Å². The minimum atomic E-state index is 0.508. The molecular weight excluding hydrogens is 376 g/mol. The van der Waals surface area contributed by atoms with E-state index in [1.54, 1.807) is 0 Å². The van der Waals surface area contributed by atoms with Crippen LogP contribution in [0.3, 0.4) is 0 Å². The van der Waals surface area contributed by atoms with Gasteiger partial charge in [0.05, 0.1) is 24.4 Å². The second-order valence-corrected chi connectivity index (χ2v) is 10.3. The number of hydrogen-bond donors (Lipinski definition) is 2. The predicted octanol–water partition coefficient (Wildman–Crippen LogP) is 2.23. The summed E-state index contributed by atoms with van der Waals surface area (Å²) in [6.07, 6.45) is 14.4. The lowest BCUT2D eigenvalue weighted by atomic mass is 9.88. The van der Waals surface area contributed by atoms with Crippen LogP contribution in [-0.2, 0) is 9.47 Å². The van der Waals surface area contributed by atoms with Gasteiger partial charge in [0.1, 0.15) is 0 Å². The van der Waals surface area contributed by atoms with Crippen LogP contribution in [0.25, 0.3) is 0 Å². The van der Waals surface area contributed by atoms with Crippen molar-refractivity contribution in [3.63, 3.8) is 0 Å². The summed E-state index contributed by atoms with van der Waals surface area (Å²) in [5.41, 5.74) is 0. The molecule has 6 heteroatoms. The molecular formula is C24H46N4O2. The molecule has 4 rings (SSSR count). The molecule has 2 saturated heterocycles. The van der Waals surface area contributed by atoms with Crippen LogP contribution in [0, 0.1) is 0 Å². The Labute approximate surface area is 184 Å². The highest BCUT2D eigenvalue weighted by Gasteiger charge is 2.33. The van der Waals surface area contributed by atoms with Crippen LogP contribution >= 0.6 is 0 Å². The molecule has 0 amide bonds.